The van der Waals surface area contributed by atoms with Crippen molar-refractivity contribution in [1.82, 2.24) is 16.0 Å². The van der Waals surface area contributed by atoms with Crippen molar-refractivity contribution in [2.24, 2.45) is 5.73 Å². The summed E-state index contributed by atoms with van der Waals surface area (Å²) in [7, 11) is 0. The standard InChI is InChI=1S/C22H23IN4O4/c23-15-8-4-7-14(9-15)11-16(20(24)29)25-19(28)12-18-22(31)26-17(21(30)27-18)10-13-5-2-1-3-6-13/h1-9,16-18H,10-12H2,(H2,24,29)(H,25,28)(H,26,31)(H,27,30)/t16-,17+,18+/m1/s1. The topological polar surface area (TPSA) is 130 Å². The molecule has 0 spiro atoms. The monoisotopic (exact) mass is 534 g/mol. The maximum absolute atomic E-state index is 12.5. The molecular weight excluding hydrogens is 511 g/mol. The van der Waals surface area contributed by atoms with E-state index in [1.54, 1.807) is 0 Å². The lowest BCUT2D eigenvalue weighted by Crippen LogP contribution is -2.63. The van der Waals surface area contributed by atoms with Gasteiger partial charge in [-0.2, -0.15) is 0 Å². The fourth-order valence-electron chi connectivity index (χ4n) is 3.37. The Morgan fingerprint density at radius 3 is 2.29 bits per heavy atom. The van der Waals surface area contributed by atoms with Crippen LogP contribution >= 0.6 is 22.6 Å². The molecule has 9 heteroatoms. The quantitative estimate of drug-likeness (QED) is 0.366. The van der Waals surface area contributed by atoms with E-state index in [2.05, 4.69) is 38.5 Å². The number of benzene rings is 2. The Hall–Kier alpha value is -2.95. The van der Waals surface area contributed by atoms with Gasteiger partial charge < -0.3 is 21.7 Å². The number of amides is 4. The molecule has 162 valence electrons. The Labute approximate surface area is 193 Å². The molecule has 1 heterocycles. The van der Waals surface area contributed by atoms with Gasteiger partial charge in [0.15, 0.2) is 0 Å². The summed E-state index contributed by atoms with van der Waals surface area (Å²) in [6.07, 6.45) is 0.309. The van der Waals surface area contributed by atoms with Gasteiger partial charge in [0.1, 0.15) is 18.1 Å². The minimum Gasteiger partial charge on any atom is -0.368 e. The van der Waals surface area contributed by atoms with E-state index < -0.39 is 35.8 Å². The van der Waals surface area contributed by atoms with Crippen molar-refractivity contribution in [2.45, 2.75) is 37.4 Å². The molecule has 0 radical (unpaired) electrons. The molecule has 3 rings (SSSR count). The Balaban J connectivity index is 1.56. The van der Waals surface area contributed by atoms with Crippen molar-refractivity contribution in [3.8, 4) is 0 Å². The van der Waals surface area contributed by atoms with Crippen LogP contribution in [0.25, 0.3) is 0 Å². The van der Waals surface area contributed by atoms with Crippen LogP contribution in [0.15, 0.2) is 54.6 Å². The van der Waals surface area contributed by atoms with Gasteiger partial charge >= 0.3 is 0 Å². The van der Waals surface area contributed by atoms with Crippen LogP contribution in [0.5, 0.6) is 0 Å². The van der Waals surface area contributed by atoms with Crippen molar-refractivity contribution in [3.63, 3.8) is 0 Å². The van der Waals surface area contributed by atoms with E-state index in [9.17, 15) is 19.2 Å². The van der Waals surface area contributed by atoms with Gasteiger partial charge in [0.05, 0.1) is 6.42 Å². The maximum Gasteiger partial charge on any atom is 0.243 e. The molecule has 1 saturated heterocycles. The predicted molar refractivity (Wildman–Crippen MR) is 123 cm³/mol. The molecule has 8 nitrogen and oxygen atoms in total. The summed E-state index contributed by atoms with van der Waals surface area (Å²) in [5, 5.41) is 7.84. The van der Waals surface area contributed by atoms with Crippen molar-refractivity contribution >= 4 is 46.2 Å². The molecule has 1 aliphatic heterocycles. The summed E-state index contributed by atoms with van der Waals surface area (Å²) in [5.41, 5.74) is 7.21. The maximum atomic E-state index is 12.5. The first kappa shape index (κ1) is 22.7. The average molecular weight is 534 g/mol. The predicted octanol–water partition coefficient (Wildman–Crippen LogP) is 0.420. The molecule has 0 saturated carbocycles. The average Bonchev–Trinajstić information content (AvgIpc) is 2.72. The molecule has 0 aromatic heterocycles. The van der Waals surface area contributed by atoms with Crippen LogP contribution in [0, 0.1) is 3.57 Å². The van der Waals surface area contributed by atoms with Gasteiger partial charge in [-0.3, -0.25) is 19.2 Å². The second-order valence-electron chi connectivity index (χ2n) is 7.37. The van der Waals surface area contributed by atoms with E-state index in [4.69, 9.17) is 5.73 Å². The highest BCUT2D eigenvalue weighted by Crippen LogP contribution is 2.11. The molecule has 1 fully saturated rings. The number of piperazine rings is 1. The SMILES string of the molecule is NC(=O)[C@@H](Cc1cccc(I)c1)NC(=O)C[C@@H]1NC(=O)[C@H](Cc2ccccc2)NC1=O. The highest BCUT2D eigenvalue weighted by atomic mass is 127. The largest absolute Gasteiger partial charge is 0.368 e. The minimum atomic E-state index is -1.01. The summed E-state index contributed by atoms with van der Waals surface area (Å²) >= 11 is 2.16. The van der Waals surface area contributed by atoms with Crippen LogP contribution in [0.2, 0.25) is 0 Å². The number of halogens is 1. The van der Waals surface area contributed by atoms with Gasteiger partial charge in [0.25, 0.3) is 0 Å². The summed E-state index contributed by atoms with van der Waals surface area (Å²) in [4.78, 5) is 49.1. The number of hydrogen-bond donors (Lipinski definition) is 4. The van der Waals surface area contributed by atoms with Gasteiger partial charge in [-0.1, -0.05) is 42.5 Å². The van der Waals surface area contributed by atoms with Crippen LogP contribution in [0.1, 0.15) is 17.5 Å². The molecule has 3 atom stereocenters. The summed E-state index contributed by atoms with van der Waals surface area (Å²) in [6.45, 7) is 0. The fraction of sp³-hybridized carbons (Fsp3) is 0.273. The number of primary amides is 1. The van der Waals surface area contributed by atoms with E-state index in [1.807, 2.05) is 54.6 Å². The summed E-state index contributed by atoms with van der Waals surface area (Å²) in [5.74, 6) is -2.01. The molecule has 0 unspecified atom stereocenters. The third-order valence-corrected chi connectivity index (χ3v) is 5.62. The lowest BCUT2D eigenvalue weighted by atomic mass is 10.0. The Bertz CT molecular complexity index is 982. The molecule has 2 aromatic carbocycles. The van der Waals surface area contributed by atoms with E-state index in [1.165, 1.54) is 0 Å². The Morgan fingerprint density at radius 1 is 0.968 bits per heavy atom. The first-order valence-electron chi connectivity index (χ1n) is 9.79. The molecular formula is C22H23IN4O4. The van der Waals surface area contributed by atoms with Crippen molar-refractivity contribution < 1.29 is 19.2 Å². The number of hydrogen-bond acceptors (Lipinski definition) is 4. The zero-order valence-electron chi connectivity index (χ0n) is 16.6. The van der Waals surface area contributed by atoms with Crippen LogP contribution in [-0.4, -0.2) is 41.8 Å². The van der Waals surface area contributed by atoms with E-state index in [0.717, 1.165) is 14.7 Å². The van der Waals surface area contributed by atoms with Crippen LogP contribution < -0.4 is 21.7 Å². The molecule has 2 aromatic rings. The van der Waals surface area contributed by atoms with Gasteiger partial charge in [0, 0.05) is 16.4 Å². The first-order chi connectivity index (χ1) is 14.8. The van der Waals surface area contributed by atoms with E-state index in [0.29, 0.717) is 6.42 Å². The highest BCUT2D eigenvalue weighted by Gasteiger charge is 2.35. The zero-order valence-corrected chi connectivity index (χ0v) is 18.8. The van der Waals surface area contributed by atoms with Crippen molar-refractivity contribution in [3.05, 3.63) is 69.3 Å². The molecule has 0 aliphatic carbocycles. The normalized spacial score (nSPS) is 19.1. The van der Waals surface area contributed by atoms with E-state index >= 15 is 0 Å². The lowest BCUT2D eigenvalue weighted by molar-refractivity contribution is -0.138. The third kappa shape index (κ3) is 6.51. The third-order valence-electron chi connectivity index (χ3n) is 4.95. The number of nitrogens with two attached hydrogens (primary N) is 1. The number of carbonyl (C=O) groups excluding carboxylic acids is 4. The molecule has 5 N–H and O–H groups in total. The van der Waals surface area contributed by atoms with Gasteiger partial charge in [-0.25, -0.2) is 0 Å². The smallest absolute Gasteiger partial charge is 0.243 e. The summed E-state index contributed by atoms with van der Waals surface area (Å²) < 4.78 is 0.997. The zero-order chi connectivity index (χ0) is 22.4. The second kappa shape index (κ2) is 10.4. The van der Waals surface area contributed by atoms with Gasteiger partial charge in [-0.05, 0) is 45.9 Å². The summed E-state index contributed by atoms with van der Waals surface area (Å²) in [6, 6.07) is 14.2. The Kier molecular flexibility index (Phi) is 7.61. The Morgan fingerprint density at radius 2 is 1.61 bits per heavy atom. The second-order valence-corrected chi connectivity index (χ2v) is 8.62. The lowest BCUT2D eigenvalue weighted by Gasteiger charge is -2.29. The molecule has 4 amide bonds. The van der Waals surface area contributed by atoms with E-state index in [-0.39, 0.29) is 18.7 Å². The first-order valence-corrected chi connectivity index (χ1v) is 10.9. The fourth-order valence-corrected chi connectivity index (χ4v) is 3.98. The van der Waals surface area contributed by atoms with Crippen LogP contribution in [0.4, 0.5) is 0 Å². The number of carbonyl (C=O) groups is 4. The molecule has 1 aliphatic rings. The number of nitrogens with one attached hydrogen (secondary N) is 3. The van der Waals surface area contributed by atoms with Crippen molar-refractivity contribution in [1.29, 1.82) is 0 Å². The van der Waals surface area contributed by atoms with Crippen LogP contribution in [0.3, 0.4) is 0 Å². The molecule has 0 bridgehead atoms. The highest BCUT2D eigenvalue weighted by molar-refractivity contribution is 14.1. The number of rotatable bonds is 8. The molecule has 31 heavy (non-hydrogen) atoms. The van der Waals surface area contributed by atoms with Crippen LogP contribution in [-0.2, 0) is 32.0 Å². The van der Waals surface area contributed by atoms with Gasteiger partial charge in [0.2, 0.25) is 23.6 Å². The minimum absolute atomic E-state index is 0.236. The van der Waals surface area contributed by atoms with Crippen molar-refractivity contribution in [2.75, 3.05) is 0 Å². The van der Waals surface area contributed by atoms with Gasteiger partial charge in [-0.15, -0.1) is 0 Å².